The van der Waals surface area contributed by atoms with E-state index in [1.54, 1.807) is 0 Å². The minimum Gasteiger partial charge on any atom is -0.314 e. The Hall–Kier alpha value is -0.170. The number of nitrogens with two attached hydrogens (primary N) is 1. The Labute approximate surface area is 110 Å². The molecule has 0 amide bonds. The lowest BCUT2D eigenvalue weighted by Crippen LogP contribution is -2.50. The minimum atomic E-state index is -3.33. The van der Waals surface area contributed by atoms with Crippen LogP contribution in [0.15, 0.2) is 0 Å². The third kappa shape index (κ3) is 3.66. The summed E-state index contributed by atoms with van der Waals surface area (Å²) in [6.07, 6.45) is 5.89. The Morgan fingerprint density at radius 1 is 1.28 bits per heavy atom. The molecule has 2 aliphatic heterocycles. The standard InChI is InChI=1S/C12H25N3O2S/c1-2-5-14-10-8-11-3-4-12(9-10)15(11)6-7-18(13,16)17/h10-12,14H,2-9H2,1H3,(H2,13,16,17). The maximum atomic E-state index is 11.1. The molecule has 2 aliphatic rings. The summed E-state index contributed by atoms with van der Waals surface area (Å²) in [5, 5.41) is 8.69. The van der Waals surface area contributed by atoms with Crippen molar-refractivity contribution in [1.29, 1.82) is 0 Å². The van der Waals surface area contributed by atoms with E-state index in [1.165, 1.54) is 19.3 Å². The molecule has 0 aromatic heterocycles. The minimum absolute atomic E-state index is 0.0903. The molecule has 6 heteroatoms. The molecule has 5 nitrogen and oxygen atoms in total. The Bertz CT molecular complexity index is 358. The average molecular weight is 275 g/mol. The fourth-order valence-electron chi connectivity index (χ4n) is 3.39. The molecule has 2 unspecified atom stereocenters. The highest BCUT2D eigenvalue weighted by Gasteiger charge is 2.40. The van der Waals surface area contributed by atoms with Gasteiger partial charge in [0.2, 0.25) is 10.0 Å². The van der Waals surface area contributed by atoms with E-state index in [9.17, 15) is 8.42 Å². The Morgan fingerprint density at radius 2 is 1.89 bits per heavy atom. The molecule has 3 N–H and O–H groups in total. The maximum absolute atomic E-state index is 11.1. The van der Waals surface area contributed by atoms with Gasteiger partial charge in [0, 0.05) is 24.7 Å². The summed E-state index contributed by atoms with van der Waals surface area (Å²) in [7, 11) is -3.33. The maximum Gasteiger partial charge on any atom is 0.210 e. The van der Waals surface area contributed by atoms with E-state index in [0.29, 0.717) is 24.7 Å². The molecule has 2 bridgehead atoms. The molecule has 18 heavy (non-hydrogen) atoms. The molecule has 0 aromatic carbocycles. The van der Waals surface area contributed by atoms with Crippen molar-refractivity contribution >= 4 is 10.0 Å². The van der Waals surface area contributed by atoms with Crippen molar-refractivity contribution in [3.8, 4) is 0 Å². The Balaban J connectivity index is 1.86. The molecule has 2 atom stereocenters. The van der Waals surface area contributed by atoms with E-state index in [4.69, 9.17) is 5.14 Å². The summed E-state index contributed by atoms with van der Waals surface area (Å²) in [6.45, 7) is 3.87. The molecule has 0 spiro atoms. The van der Waals surface area contributed by atoms with Gasteiger partial charge in [-0.25, -0.2) is 13.6 Å². The lowest BCUT2D eigenvalue weighted by Gasteiger charge is -2.39. The van der Waals surface area contributed by atoms with Crippen LogP contribution in [-0.4, -0.2) is 50.3 Å². The van der Waals surface area contributed by atoms with Crippen LogP contribution in [0.4, 0.5) is 0 Å². The van der Waals surface area contributed by atoms with Crippen LogP contribution in [0.5, 0.6) is 0 Å². The molecule has 2 fully saturated rings. The molecule has 0 radical (unpaired) electrons. The highest BCUT2D eigenvalue weighted by Crippen LogP contribution is 2.35. The number of hydrogen-bond acceptors (Lipinski definition) is 4. The molecule has 106 valence electrons. The van der Waals surface area contributed by atoms with Gasteiger partial charge < -0.3 is 5.32 Å². The van der Waals surface area contributed by atoms with E-state index in [2.05, 4.69) is 17.1 Å². The van der Waals surface area contributed by atoms with Gasteiger partial charge in [0.25, 0.3) is 0 Å². The van der Waals surface area contributed by atoms with Gasteiger partial charge in [-0.2, -0.15) is 0 Å². The zero-order chi connectivity index (χ0) is 13.2. The van der Waals surface area contributed by atoms with Crippen LogP contribution in [0, 0.1) is 0 Å². The van der Waals surface area contributed by atoms with Crippen LogP contribution in [0.1, 0.15) is 39.0 Å². The first kappa shape index (κ1) is 14.2. The van der Waals surface area contributed by atoms with Crippen molar-refractivity contribution in [1.82, 2.24) is 10.2 Å². The molecular formula is C12H25N3O2S. The van der Waals surface area contributed by atoms with Gasteiger partial charge in [-0.1, -0.05) is 6.92 Å². The molecule has 0 aromatic rings. The SMILES string of the molecule is CCCNC1CC2CCC(C1)N2CCS(N)(=O)=O. The number of piperidine rings is 1. The van der Waals surface area contributed by atoms with Crippen molar-refractivity contribution in [3.63, 3.8) is 0 Å². The smallest absolute Gasteiger partial charge is 0.210 e. The first-order valence-electron chi connectivity index (χ1n) is 6.99. The third-order valence-corrected chi connectivity index (χ3v) is 4.95. The molecule has 0 aliphatic carbocycles. The number of hydrogen-bond donors (Lipinski definition) is 2. The normalized spacial score (nSPS) is 32.9. The van der Waals surface area contributed by atoms with Crippen molar-refractivity contribution < 1.29 is 8.42 Å². The van der Waals surface area contributed by atoms with Crippen molar-refractivity contribution in [2.24, 2.45) is 5.14 Å². The summed E-state index contributed by atoms with van der Waals surface area (Å²) in [5.74, 6) is 0.0903. The monoisotopic (exact) mass is 275 g/mol. The van der Waals surface area contributed by atoms with Crippen molar-refractivity contribution in [2.45, 2.75) is 57.2 Å². The zero-order valence-corrected chi connectivity index (χ0v) is 12.0. The summed E-state index contributed by atoms with van der Waals surface area (Å²) in [6, 6.07) is 1.73. The summed E-state index contributed by atoms with van der Waals surface area (Å²) in [4.78, 5) is 2.37. The first-order chi connectivity index (χ1) is 8.49. The van der Waals surface area contributed by atoms with Crippen LogP contribution in [0.2, 0.25) is 0 Å². The van der Waals surface area contributed by atoms with E-state index in [-0.39, 0.29) is 5.75 Å². The van der Waals surface area contributed by atoms with Gasteiger partial charge in [0.1, 0.15) is 0 Å². The van der Waals surface area contributed by atoms with E-state index in [1.807, 2.05) is 0 Å². The molecular weight excluding hydrogens is 250 g/mol. The molecule has 2 rings (SSSR count). The number of primary sulfonamides is 1. The highest BCUT2D eigenvalue weighted by atomic mass is 32.2. The lowest BCUT2D eigenvalue weighted by atomic mass is 9.97. The molecule has 2 heterocycles. The van der Waals surface area contributed by atoms with Gasteiger partial charge in [-0.3, -0.25) is 4.90 Å². The first-order valence-corrected chi connectivity index (χ1v) is 8.70. The Morgan fingerprint density at radius 3 is 2.39 bits per heavy atom. The number of nitrogens with zero attached hydrogens (tertiary/aromatic N) is 1. The van der Waals surface area contributed by atoms with Crippen molar-refractivity contribution in [3.05, 3.63) is 0 Å². The summed E-state index contributed by atoms with van der Waals surface area (Å²) in [5.41, 5.74) is 0. The van der Waals surface area contributed by atoms with E-state index in [0.717, 1.165) is 19.4 Å². The van der Waals surface area contributed by atoms with Crippen LogP contribution in [-0.2, 0) is 10.0 Å². The predicted octanol–water partition coefficient (Wildman–Crippen LogP) is 0.270. The van der Waals surface area contributed by atoms with Crippen molar-refractivity contribution in [2.75, 3.05) is 18.8 Å². The van der Waals surface area contributed by atoms with Gasteiger partial charge in [-0.15, -0.1) is 0 Å². The second kappa shape index (κ2) is 5.86. The van der Waals surface area contributed by atoms with Crippen LogP contribution in [0.25, 0.3) is 0 Å². The zero-order valence-electron chi connectivity index (χ0n) is 11.1. The van der Waals surface area contributed by atoms with Gasteiger partial charge in [0.05, 0.1) is 5.75 Å². The largest absolute Gasteiger partial charge is 0.314 e. The Kier molecular flexibility index (Phi) is 4.64. The van der Waals surface area contributed by atoms with Crippen LogP contribution >= 0.6 is 0 Å². The third-order valence-electron chi connectivity index (χ3n) is 4.20. The number of rotatable bonds is 6. The second-order valence-corrected chi connectivity index (χ2v) is 7.35. The predicted molar refractivity (Wildman–Crippen MR) is 72.8 cm³/mol. The van der Waals surface area contributed by atoms with E-state index >= 15 is 0 Å². The van der Waals surface area contributed by atoms with Gasteiger partial charge in [-0.05, 0) is 38.6 Å². The number of fused-ring (bicyclic) bond motifs is 2. The van der Waals surface area contributed by atoms with E-state index < -0.39 is 10.0 Å². The summed E-state index contributed by atoms with van der Waals surface area (Å²) < 4.78 is 22.1. The second-order valence-electron chi connectivity index (χ2n) is 5.61. The lowest BCUT2D eigenvalue weighted by molar-refractivity contribution is 0.124. The fraction of sp³-hybridized carbons (Fsp3) is 1.00. The summed E-state index contributed by atoms with van der Waals surface area (Å²) >= 11 is 0. The number of nitrogens with one attached hydrogen (secondary N) is 1. The quantitative estimate of drug-likeness (QED) is 0.729. The van der Waals surface area contributed by atoms with Crippen LogP contribution in [0.3, 0.4) is 0 Å². The van der Waals surface area contributed by atoms with Crippen LogP contribution < -0.4 is 10.5 Å². The highest BCUT2D eigenvalue weighted by molar-refractivity contribution is 7.89. The molecule has 0 saturated carbocycles. The van der Waals surface area contributed by atoms with Gasteiger partial charge >= 0.3 is 0 Å². The molecule has 2 saturated heterocycles. The van der Waals surface area contributed by atoms with Gasteiger partial charge in [0.15, 0.2) is 0 Å². The topological polar surface area (TPSA) is 75.4 Å². The number of sulfonamides is 1. The fourth-order valence-corrected chi connectivity index (χ4v) is 3.85. The average Bonchev–Trinajstić information content (AvgIpc) is 2.53.